The van der Waals surface area contributed by atoms with Crippen LogP contribution in [0.15, 0.2) is 46.3 Å². The highest BCUT2D eigenvalue weighted by atomic mass is 35.5. The van der Waals surface area contributed by atoms with E-state index in [1.54, 1.807) is 18.2 Å². The molecular weight excluding hydrogens is 275 g/mol. The van der Waals surface area contributed by atoms with Crippen LogP contribution in [-0.2, 0) is 0 Å². The molecule has 0 fully saturated rings. The molecule has 92 valence electrons. The van der Waals surface area contributed by atoms with Gasteiger partial charge in [0, 0.05) is 11.1 Å². The maximum absolute atomic E-state index is 11.7. The van der Waals surface area contributed by atoms with E-state index in [4.69, 9.17) is 27.6 Å². The Labute approximate surface area is 113 Å². The lowest BCUT2D eigenvalue weighted by Gasteiger charge is -2.01. The zero-order valence-corrected chi connectivity index (χ0v) is 10.6. The summed E-state index contributed by atoms with van der Waals surface area (Å²) in [5.41, 5.74) is 3.51. The van der Waals surface area contributed by atoms with Crippen LogP contribution in [0, 0.1) is 0 Å². The lowest BCUT2D eigenvalue weighted by molar-refractivity contribution is 0.0955. The van der Waals surface area contributed by atoms with Crippen molar-refractivity contribution in [2.24, 2.45) is 5.10 Å². The maximum Gasteiger partial charge on any atom is 0.271 e. The van der Waals surface area contributed by atoms with Crippen molar-refractivity contribution in [2.45, 2.75) is 0 Å². The monoisotopic (exact) mass is 282 g/mol. The molecule has 2 rings (SSSR count). The Morgan fingerprint density at radius 3 is 2.78 bits per heavy atom. The predicted octanol–water partition coefficient (Wildman–Crippen LogP) is 3.35. The van der Waals surface area contributed by atoms with Crippen molar-refractivity contribution < 1.29 is 9.21 Å². The summed E-state index contributed by atoms with van der Waals surface area (Å²) in [7, 11) is 0. The average molecular weight is 283 g/mol. The van der Waals surface area contributed by atoms with Crippen molar-refractivity contribution >= 4 is 35.3 Å². The van der Waals surface area contributed by atoms with Crippen molar-refractivity contribution in [1.82, 2.24) is 5.43 Å². The minimum absolute atomic E-state index is 0.322. The summed E-state index contributed by atoms with van der Waals surface area (Å²) < 4.78 is 4.85. The lowest BCUT2D eigenvalue weighted by atomic mass is 10.2. The van der Waals surface area contributed by atoms with Crippen LogP contribution in [0.1, 0.15) is 15.9 Å². The normalized spacial score (nSPS) is 10.8. The van der Waals surface area contributed by atoms with Gasteiger partial charge in [-0.1, -0.05) is 23.2 Å². The molecule has 0 aliphatic rings. The number of benzene rings is 1. The Balaban J connectivity index is 2.01. The first-order valence-corrected chi connectivity index (χ1v) is 5.73. The number of hydrazone groups is 1. The van der Waals surface area contributed by atoms with E-state index in [0.717, 1.165) is 5.56 Å². The molecule has 1 aromatic heterocycles. The van der Waals surface area contributed by atoms with E-state index >= 15 is 0 Å². The third kappa shape index (κ3) is 3.12. The SMILES string of the molecule is O=C(N/N=C/c1ccoc1)c1ccc(Cl)c(Cl)c1. The molecule has 0 spiro atoms. The summed E-state index contributed by atoms with van der Waals surface area (Å²) in [6.07, 6.45) is 4.50. The zero-order chi connectivity index (χ0) is 13.0. The second-order valence-electron chi connectivity index (χ2n) is 3.38. The third-order valence-corrected chi connectivity index (χ3v) is 2.84. The van der Waals surface area contributed by atoms with E-state index in [1.165, 1.54) is 24.8 Å². The predicted molar refractivity (Wildman–Crippen MR) is 70.2 cm³/mol. The van der Waals surface area contributed by atoms with Gasteiger partial charge in [-0.05, 0) is 24.3 Å². The van der Waals surface area contributed by atoms with Gasteiger partial charge in [0.15, 0.2) is 0 Å². The Morgan fingerprint density at radius 1 is 1.28 bits per heavy atom. The van der Waals surface area contributed by atoms with E-state index in [2.05, 4.69) is 10.5 Å². The van der Waals surface area contributed by atoms with E-state index in [1.807, 2.05) is 0 Å². The minimum atomic E-state index is -0.367. The van der Waals surface area contributed by atoms with Gasteiger partial charge in [-0.15, -0.1) is 0 Å². The summed E-state index contributed by atoms with van der Waals surface area (Å²) in [5.74, 6) is -0.367. The Kier molecular flexibility index (Phi) is 4.02. The van der Waals surface area contributed by atoms with Crippen molar-refractivity contribution in [2.75, 3.05) is 0 Å². The number of hydrogen-bond donors (Lipinski definition) is 1. The molecule has 1 amide bonds. The number of nitrogens with zero attached hydrogens (tertiary/aromatic N) is 1. The minimum Gasteiger partial charge on any atom is -0.472 e. The van der Waals surface area contributed by atoms with E-state index in [9.17, 15) is 4.79 Å². The molecule has 2 aromatic rings. The average Bonchev–Trinajstić information content (AvgIpc) is 2.85. The van der Waals surface area contributed by atoms with Crippen LogP contribution >= 0.6 is 23.2 Å². The van der Waals surface area contributed by atoms with Crippen LogP contribution in [0.3, 0.4) is 0 Å². The lowest BCUT2D eigenvalue weighted by Crippen LogP contribution is -2.17. The molecule has 18 heavy (non-hydrogen) atoms. The molecule has 0 saturated carbocycles. The van der Waals surface area contributed by atoms with Crippen molar-refractivity contribution in [3.63, 3.8) is 0 Å². The smallest absolute Gasteiger partial charge is 0.271 e. The summed E-state index contributed by atoms with van der Waals surface area (Å²) in [6, 6.07) is 6.32. The number of rotatable bonds is 3. The van der Waals surface area contributed by atoms with E-state index in [-0.39, 0.29) is 5.91 Å². The first-order chi connectivity index (χ1) is 8.66. The number of nitrogens with one attached hydrogen (secondary N) is 1. The number of carbonyl (C=O) groups excluding carboxylic acids is 1. The molecule has 1 aromatic carbocycles. The zero-order valence-electron chi connectivity index (χ0n) is 9.06. The van der Waals surface area contributed by atoms with Crippen LogP contribution in [0.5, 0.6) is 0 Å². The van der Waals surface area contributed by atoms with Gasteiger partial charge in [-0.3, -0.25) is 4.79 Å². The number of furan rings is 1. The molecule has 4 nitrogen and oxygen atoms in total. The van der Waals surface area contributed by atoms with Crippen LogP contribution in [0.2, 0.25) is 10.0 Å². The molecule has 0 bridgehead atoms. The number of carbonyl (C=O) groups is 1. The van der Waals surface area contributed by atoms with Gasteiger partial charge in [0.05, 0.1) is 28.8 Å². The van der Waals surface area contributed by atoms with E-state index < -0.39 is 0 Å². The third-order valence-electron chi connectivity index (χ3n) is 2.10. The topological polar surface area (TPSA) is 54.6 Å². The molecule has 0 saturated heterocycles. The number of amides is 1. The molecule has 1 heterocycles. The van der Waals surface area contributed by atoms with Crippen molar-refractivity contribution in [1.29, 1.82) is 0 Å². The summed E-state index contributed by atoms with van der Waals surface area (Å²) in [4.78, 5) is 11.7. The van der Waals surface area contributed by atoms with Gasteiger partial charge in [-0.2, -0.15) is 5.10 Å². The Hall–Kier alpha value is -1.78. The quantitative estimate of drug-likeness (QED) is 0.693. The molecule has 1 N–H and O–H groups in total. The second kappa shape index (κ2) is 5.71. The first kappa shape index (κ1) is 12.7. The van der Waals surface area contributed by atoms with Gasteiger partial charge in [0.2, 0.25) is 0 Å². The fraction of sp³-hybridized carbons (Fsp3) is 0. The fourth-order valence-corrected chi connectivity index (χ4v) is 1.51. The molecule has 0 aliphatic carbocycles. The second-order valence-corrected chi connectivity index (χ2v) is 4.20. The highest BCUT2D eigenvalue weighted by Crippen LogP contribution is 2.22. The highest BCUT2D eigenvalue weighted by Gasteiger charge is 2.06. The molecular formula is C12H8Cl2N2O2. The number of hydrogen-bond acceptors (Lipinski definition) is 3. The van der Waals surface area contributed by atoms with Crippen LogP contribution in [0.25, 0.3) is 0 Å². The van der Waals surface area contributed by atoms with E-state index in [0.29, 0.717) is 15.6 Å². The van der Waals surface area contributed by atoms with Crippen molar-refractivity contribution in [3.05, 3.63) is 58.0 Å². The summed E-state index contributed by atoms with van der Waals surface area (Å²) >= 11 is 11.6. The van der Waals surface area contributed by atoms with Crippen molar-refractivity contribution in [3.8, 4) is 0 Å². The fourth-order valence-electron chi connectivity index (χ4n) is 1.22. The molecule has 0 atom stereocenters. The number of halogens is 2. The van der Waals surface area contributed by atoms with Gasteiger partial charge < -0.3 is 4.42 Å². The van der Waals surface area contributed by atoms with Gasteiger partial charge in [0.25, 0.3) is 5.91 Å². The molecule has 6 heteroatoms. The first-order valence-electron chi connectivity index (χ1n) is 4.97. The van der Waals surface area contributed by atoms with Crippen LogP contribution in [0.4, 0.5) is 0 Å². The highest BCUT2D eigenvalue weighted by molar-refractivity contribution is 6.42. The van der Waals surface area contributed by atoms with Crippen LogP contribution < -0.4 is 5.43 Å². The van der Waals surface area contributed by atoms with Gasteiger partial charge >= 0.3 is 0 Å². The van der Waals surface area contributed by atoms with Crippen LogP contribution in [-0.4, -0.2) is 12.1 Å². The maximum atomic E-state index is 11.7. The van der Waals surface area contributed by atoms with Gasteiger partial charge in [-0.25, -0.2) is 5.43 Å². The summed E-state index contributed by atoms with van der Waals surface area (Å²) in [5, 5.41) is 4.50. The largest absolute Gasteiger partial charge is 0.472 e. The molecule has 0 unspecified atom stereocenters. The Bertz CT molecular complexity index is 580. The molecule has 0 radical (unpaired) electrons. The Morgan fingerprint density at radius 2 is 2.11 bits per heavy atom. The summed E-state index contributed by atoms with van der Waals surface area (Å²) in [6.45, 7) is 0. The van der Waals surface area contributed by atoms with Gasteiger partial charge in [0.1, 0.15) is 0 Å². The molecule has 0 aliphatic heterocycles. The standard InChI is InChI=1S/C12H8Cl2N2O2/c13-10-2-1-9(5-11(10)14)12(17)16-15-6-8-3-4-18-7-8/h1-7H,(H,16,17)/b15-6+.